The van der Waals surface area contributed by atoms with E-state index in [0.29, 0.717) is 0 Å². The summed E-state index contributed by atoms with van der Waals surface area (Å²) in [7, 11) is 0. The number of hydrogen-bond donors (Lipinski definition) is 0. The molecule has 274 valence electrons. The molecule has 0 saturated heterocycles. The monoisotopic (exact) mass is 738 g/mol. The minimum Gasteiger partial charge on any atom is -0.0619 e. The summed E-state index contributed by atoms with van der Waals surface area (Å²) in [6.45, 7) is 9.73. The molecule has 0 N–H and O–H groups in total. The summed E-state index contributed by atoms with van der Waals surface area (Å²) in [6.07, 6.45) is 0. The average molecular weight is 739 g/mol. The van der Waals surface area contributed by atoms with Crippen LogP contribution in [0.25, 0.3) is 98.7 Å². The largest absolute Gasteiger partial charge is 0.0619 e. The van der Waals surface area contributed by atoms with E-state index in [9.17, 15) is 0 Å². The van der Waals surface area contributed by atoms with Crippen molar-refractivity contribution in [2.75, 3.05) is 0 Å². The van der Waals surface area contributed by atoms with Crippen LogP contribution in [0.1, 0.15) is 49.9 Å². The van der Waals surface area contributed by atoms with Crippen LogP contribution in [0.5, 0.6) is 0 Å². The molecule has 0 atom stereocenters. The van der Waals surface area contributed by atoms with Gasteiger partial charge in [-0.15, -0.1) is 0 Å². The van der Waals surface area contributed by atoms with Crippen molar-refractivity contribution < 1.29 is 0 Å². The lowest BCUT2D eigenvalue weighted by molar-refractivity contribution is 0.649. The van der Waals surface area contributed by atoms with Crippen molar-refractivity contribution >= 4 is 43.1 Å². The fourth-order valence-corrected chi connectivity index (χ4v) is 11.4. The molecule has 0 aromatic heterocycles. The van der Waals surface area contributed by atoms with Crippen molar-refractivity contribution in [2.24, 2.45) is 0 Å². The van der Waals surface area contributed by atoms with Crippen LogP contribution < -0.4 is 0 Å². The molecule has 2 aliphatic rings. The first-order valence-electron chi connectivity index (χ1n) is 20.7. The first-order chi connectivity index (χ1) is 28.3. The zero-order valence-corrected chi connectivity index (χ0v) is 33.3. The van der Waals surface area contributed by atoms with Crippen molar-refractivity contribution in [1.82, 2.24) is 0 Å². The first kappa shape index (κ1) is 33.4. The molecule has 0 radical (unpaired) electrons. The third kappa shape index (κ3) is 4.35. The van der Waals surface area contributed by atoms with E-state index in [-0.39, 0.29) is 10.8 Å². The lowest BCUT2D eigenvalue weighted by atomic mass is 9.74. The fraction of sp³-hybridized carbons (Fsp3) is 0.103. The van der Waals surface area contributed by atoms with Crippen LogP contribution in [-0.4, -0.2) is 0 Å². The highest BCUT2D eigenvalue weighted by molar-refractivity contribution is 6.26. The summed E-state index contributed by atoms with van der Waals surface area (Å²) in [5.74, 6) is 0. The van der Waals surface area contributed by atoms with Gasteiger partial charge in [0, 0.05) is 10.8 Å². The van der Waals surface area contributed by atoms with Crippen LogP contribution >= 0.6 is 0 Å². The third-order valence-electron chi connectivity index (χ3n) is 13.8. The van der Waals surface area contributed by atoms with E-state index < -0.39 is 0 Å². The number of fused-ring (bicyclic) bond motifs is 11. The Bertz CT molecular complexity index is 3330. The van der Waals surface area contributed by atoms with Crippen LogP contribution in [-0.2, 0) is 10.8 Å². The molecule has 0 nitrogen and oxygen atoms in total. The number of rotatable bonds is 3. The summed E-state index contributed by atoms with van der Waals surface area (Å²) in [4.78, 5) is 0. The standard InChI is InChI=1S/C58H42/c1-57(2)50-30-15-13-23-40(50)49-34-48(55-54(56(49)57)47-28-14-16-31-51(47)58(55,3)4)39-32-33-46(38-22-8-7-21-37(38)39)53-44-26-11-9-24-42(44)52(43-25-10-12-27-45(43)53)41-29-17-19-35-18-5-6-20-36(35)41/h5-34H,1-4H3. The van der Waals surface area contributed by atoms with Crippen LogP contribution in [0.2, 0.25) is 0 Å². The molecule has 0 spiro atoms. The maximum Gasteiger partial charge on any atom is 0.0165 e. The molecule has 10 aromatic rings. The summed E-state index contributed by atoms with van der Waals surface area (Å²) in [6, 6.07) is 68.5. The molecule has 10 aromatic carbocycles. The minimum absolute atomic E-state index is 0.117. The molecule has 2 aliphatic carbocycles. The molecular weight excluding hydrogens is 697 g/mol. The molecule has 0 fully saturated rings. The van der Waals surface area contributed by atoms with Gasteiger partial charge >= 0.3 is 0 Å². The van der Waals surface area contributed by atoms with E-state index >= 15 is 0 Å². The second-order valence-electron chi connectivity index (χ2n) is 17.5. The van der Waals surface area contributed by atoms with Gasteiger partial charge in [-0.25, -0.2) is 0 Å². The van der Waals surface area contributed by atoms with E-state index in [2.05, 4.69) is 210 Å². The Kier molecular flexibility index (Phi) is 6.84. The van der Waals surface area contributed by atoms with Gasteiger partial charge < -0.3 is 0 Å². The zero-order chi connectivity index (χ0) is 38.9. The Labute approximate surface area is 340 Å². The second kappa shape index (κ2) is 11.9. The van der Waals surface area contributed by atoms with Gasteiger partial charge in [0.05, 0.1) is 0 Å². The van der Waals surface area contributed by atoms with E-state index in [1.807, 2.05) is 0 Å². The van der Waals surface area contributed by atoms with E-state index in [0.717, 1.165) is 0 Å². The SMILES string of the molecule is CC1(C)c2ccccc2-c2cc(-c3ccc(-c4c5ccccc5c(-c5cccc6ccccc56)c5ccccc45)c4ccccc34)c3c(c21)-c1ccccc1C3(C)C. The average Bonchev–Trinajstić information content (AvgIpc) is 3.64. The van der Waals surface area contributed by atoms with Crippen molar-refractivity contribution in [3.63, 3.8) is 0 Å². The van der Waals surface area contributed by atoms with Gasteiger partial charge in [0.25, 0.3) is 0 Å². The lowest BCUT2D eigenvalue weighted by Crippen LogP contribution is -2.19. The molecule has 0 heteroatoms. The van der Waals surface area contributed by atoms with Crippen LogP contribution in [0, 0.1) is 0 Å². The van der Waals surface area contributed by atoms with Gasteiger partial charge in [0.1, 0.15) is 0 Å². The molecule has 0 bridgehead atoms. The van der Waals surface area contributed by atoms with Gasteiger partial charge in [0.2, 0.25) is 0 Å². The quantitative estimate of drug-likeness (QED) is 0.158. The molecule has 0 aliphatic heterocycles. The normalized spacial score (nSPS) is 14.5. The van der Waals surface area contributed by atoms with Crippen LogP contribution in [0.15, 0.2) is 182 Å². The Morgan fingerprint density at radius 2 is 0.638 bits per heavy atom. The fourth-order valence-electron chi connectivity index (χ4n) is 11.4. The maximum absolute atomic E-state index is 2.56. The Balaban J connectivity index is 1.17. The van der Waals surface area contributed by atoms with Gasteiger partial charge in [-0.05, 0) is 127 Å². The van der Waals surface area contributed by atoms with Gasteiger partial charge in [0.15, 0.2) is 0 Å². The topological polar surface area (TPSA) is 0 Å². The van der Waals surface area contributed by atoms with Crippen LogP contribution in [0.3, 0.4) is 0 Å². The summed E-state index contributed by atoms with van der Waals surface area (Å²) < 4.78 is 0. The number of hydrogen-bond acceptors (Lipinski definition) is 0. The maximum atomic E-state index is 2.56. The van der Waals surface area contributed by atoms with Gasteiger partial charge in [-0.1, -0.05) is 204 Å². The summed E-state index contributed by atoms with van der Waals surface area (Å²) in [5, 5.41) is 10.2. The highest BCUT2D eigenvalue weighted by Crippen LogP contribution is 2.62. The lowest BCUT2D eigenvalue weighted by Gasteiger charge is -2.29. The molecule has 12 rings (SSSR count). The van der Waals surface area contributed by atoms with E-state index in [1.165, 1.54) is 121 Å². The van der Waals surface area contributed by atoms with Crippen molar-refractivity contribution in [3.05, 3.63) is 204 Å². The molecule has 0 unspecified atom stereocenters. The first-order valence-corrected chi connectivity index (χ1v) is 20.7. The van der Waals surface area contributed by atoms with E-state index in [1.54, 1.807) is 0 Å². The number of benzene rings is 10. The van der Waals surface area contributed by atoms with E-state index in [4.69, 9.17) is 0 Å². The highest BCUT2D eigenvalue weighted by Gasteiger charge is 2.46. The van der Waals surface area contributed by atoms with Crippen molar-refractivity contribution in [3.8, 4) is 55.6 Å². The molecule has 58 heavy (non-hydrogen) atoms. The predicted molar refractivity (Wildman–Crippen MR) is 248 cm³/mol. The summed E-state index contributed by atoms with van der Waals surface area (Å²) >= 11 is 0. The van der Waals surface area contributed by atoms with Gasteiger partial charge in [-0.2, -0.15) is 0 Å². The summed E-state index contributed by atoms with van der Waals surface area (Å²) in [5.41, 5.74) is 18.8. The minimum atomic E-state index is -0.176. The second-order valence-corrected chi connectivity index (χ2v) is 17.5. The molecule has 0 heterocycles. The Morgan fingerprint density at radius 3 is 1.24 bits per heavy atom. The molecule has 0 saturated carbocycles. The molecular formula is C58H42. The smallest absolute Gasteiger partial charge is 0.0165 e. The highest BCUT2D eigenvalue weighted by atomic mass is 14.5. The van der Waals surface area contributed by atoms with Crippen LogP contribution in [0.4, 0.5) is 0 Å². The van der Waals surface area contributed by atoms with Gasteiger partial charge in [-0.3, -0.25) is 0 Å². The Hall–Kier alpha value is -6.76. The zero-order valence-electron chi connectivity index (χ0n) is 33.3. The molecule has 0 amide bonds. The van der Waals surface area contributed by atoms with Crippen molar-refractivity contribution in [1.29, 1.82) is 0 Å². The Morgan fingerprint density at radius 1 is 0.259 bits per heavy atom. The van der Waals surface area contributed by atoms with Crippen molar-refractivity contribution in [2.45, 2.75) is 38.5 Å². The third-order valence-corrected chi connectivity index (χ3v) is 13.8. The predicted octanol–water partition coefficient (Wildman–Crippen LogP) is 15.9.